The maximum absolute atomic E-state index is 13.2. The van der Waals surface area contributed by atoms with Crippen LogP contribution in [0.3, 0.4) is 0 Å². The van der Waals surface area contributed by atoms with Gasteiger partial charge in [0, 0.05) is 26.1 Å². The van der Waals surface area contributed by atoms with E-state index in [2.05, 4.69) is 30.9 Å². The van der Waals surface area contributed by atoms with Gasteiger partial charge in [-0.05, 0) is 44.9 Å². The first-order chi connectivity index (χ1) is 20.1. The Morgan fingerprint density at radius 3 is 1.35 bits per heavy atom. The fourth-order valence-electron chi connectivity index (χ4n) is 3.54. The monoisotopic (exact) mass is 615 g/mol. The number of carboxylic acid groups (broad SMARTS) is 2. The lowest BCUT2D eigenvalue weighted by molar-refractivity contribution is -0.143. The van der Waals surface area contributed by atoms with Crippen molar-refractivity contribution in [1.82, 2.24) is 16.0 Å². The molecule has 0 aromatic heterocycles. The summed E-state index contributed by atoms with van der Waals surface area (Å²) in [5.74, 6) is -5.54. The zero-order valence-corrected chi connectivity index (χ0v) is 23.9. The minimum Gasteiger partial charge on any atom is -0.481 e. The molecule has 20 heteroatoms. The summed E-state index contributed by atoms with van der Waals surface area (Å²) in [6, 6.07) is -5.07. The fraction of sp³-hybridized carbons (Fsp3) is 0.652. The van der Waals surface area contributed by atoms with Crippen LogP contribution in [0.4, 0.5) is 0 Å². The van der Waals surface area contributed by atoms with Crippen molar-refractivity contribution in [2.45, 2.75) is 75.5 Å². The van der Waals surface area contributed by atoms with E-state index in [1.54, 1.807) is 0 Å². The van der Waals surface area contributed by atoms with E-state index in [4.69, 9.17) is 45.2 Å². The molecule has 0 fully saturated rings. The number of carboxylic acids is 2. The number of carbonyl (C=O) groups excluding carboxylic acids is 3. The highest BCUT2D eigenvalue weighted by Crippen LogP contribution is 2.07. The zero-order chi connectivity index (χ0) is 32.9. The van der Waals surface area contributed by atoms with Gasteiger partial charge < -0.3 is 66.3 Å². The Labute approximate surface area is 248 Å². The van der Waals surface area contributed by atoms with Crippen LogP contribution < -0.4 is 56.1 Å². The van der Waals surface area contributed by atoms with Crippen LogP contribution in [-0.4, -0.2) is 102 Å². The van der Waals surface area contributed by atoms with Crippen molar-refractivity contribution in [2.24, 2.45) is 55.1 Å². The van der Waals surface area contributed by atoms with E-state index in [0.29, 0.717) is 6.42 Å². The Morgan fingerprint density at radius 2 is 0.930 bits per heavy atom. The summed E-state index contributed by atoms with van der Waals surface area (Å²) in [5.41, 5.74) is 37.6. The predicted octanol–water partition coefficient (Wildman–Crippen LogP) is -5.12. The van der Waals surface area contributed by atoms with Crippen molar-refractivity contribution in [3.8, 4) is 0 Å². The number of hydrogen-bond acceptors (Lipinski definition) is 9. The first-order valence-electron chi connectivity index (χ1n) is 13.4. The Morgan fingerprint density at radius 1 is 0.558 bits per heavy atom. The van der Waals surface area contributed by atoms with Gasteiger partial charge in [-0.15, -0.1) is 0 Å². The molecule has 4 atom stereocenters. The second-order valence-corrected chi connectivity index (χ2v) is 9.41. The number of nitrogens with zero attached hydrogens (tertiary/aromatic N) is 3. The van der Waals surface area contributed by atoms with Gasteiger partial charge in [0.05, 0.1) is 6.04 Å². The summed E-state index contributed by atoms with van der Waals surface area (Å²) in [5, 5.41) is 25.9. The summed E-state index contributed by atoms with van der Waals surface area (Å²) >= 11 is 0. The molecule has 43 heavy (non-hydrogen) atoms. The molecule has 0 heterocycles. The molecule has 0 aromatic carbocycles. The van der Waals surface area contributed by atoms with Crippen LogP contribution >= 0.6 is 0 Å². The largest absolute Gasteiger partial charge is 0.481 e. The van der Waals surface area contributed by atoms with Crippen molar-refractivity contribution in [3.05, 3.63) is 0 Å². The van der Waals surface area contributed by atoms with Gasteiger partial charge in [-0.25, -0.2) is 4.79 Å². The Hall–Kier alpha value is -4.88. The maximum Gasteiger partial charge on any atom is 0.326 e. The summed E-state index contributed by atoms with van der Waals surface area (Å²) in [7, 11) is 0. The topological polar surface area (TPSA) is 381 Å². The molecule has 0 spiro atoms. The van der Waals surface area contributed by atoms with Crippen molar-refractivity contribution in [2.75, 3.05) is 19.6 Å². The molecular weight excluding hydrogens is 570 g/mol. The number of nitrogens with two attached hydrogens (primary N) is 7. The first-order valence-corrected chi connectivity index (χ1v) is 13.4. The maximum atomic E-state index is 13.2. The number of amides is 3. The predicted molar refractivity (Wildman–Crippen MR) is 158 cm³/mol. The van der Waals surface area contributed by atoms with Crippen molar-refractivity contribution in [1.29, 1.82) is 0 Å². The quantitative estimate of drug-likeness (QED) is 0.0308. The molecule has 0 aliphatic carbocycles. The third kappa shape index (κ3) is 19.0. The van der Waals surface area contributed by atoms with Crippen LogP contribution in [0.15, 0.2) is 15.0 Å². The lowest BCUT2D eigenvalue weighted by atomic mass is 10.1. The number of guanidine groups is 3. The highest BCUT2D eigenvalue weighted by atomic mass is 16.4. The normalized spacial score (nSPS) is 13.2. The van der Waals surface area contributed by atoms with E-state index in [-0.39, 0.29) is 76.0 Å². The lowest BCUT2D eigenvalue weighted by Crippen LogP contribution is -2.57. The van der Waals surface area contributed by atoms with E-state index in [9.17, 15) is 29.1 Å². The number of rotatable bonds is 22. The standard InChI is InChI=1S/C23H45N13O7/c24-12(4-1-9-31-21(25)26)17(39)34-13(5-2-10-32-22(27)28)18(40)35-14(7-8-16(37)38)19(41)36-15(20(42)43)6-3-11-33-23(29)30/h12-15H,1-11,24H2,(H,34,39)(H,35,40)(H,36,41)(H,37,38)(H,42,43)(H4,25,26,31)(H4,27,28,32)(H4,29,30,33). The Bertz CT molecular complexity index is 1020. The van der Waals surface area contributed by atoms with Crippen molar-refractivity contribution < 1.29 is 34.2 Å². The Kier molecular flexibility index (Phi) is 18.5. The third-order valence-corrected chi connectivity index (χ3v) is 5.72. The third-order valence-electron chi connectivity index (χ3n) is 5.72. The fourth-order valence-corrected chi connectivity index (χ4v) is 3.54. The summed E-state index contributed by atoms with van der Waals surface area (Å²) in [6.07, 6.45) is 0.0779. The molecule has 0 aliphatic rings. The molecule has 0 aliphatic heterocycles. The van der Waals surface area contributed by atoms with Gasteiger partial charge in [0.2, 0.25) is 17.7 Å². The molecular formula is C23H45N13O7. The van der Waals surface area contributed by atoms with E-state index in [1.165, 1.54) is 0 Å². The van der Waals surface area contributed by atoms with Crippen LogP contribution in [0.5, 0.6) is 0 Å². The molecule has 244 valence electrons. The van der Waals surface area contributed by atoms with E-state index in [1.807, 2.05) is 0 Å². The Balaban J connectivity index is 5.68. The second-order valence-electron chi connectivity index (χ2n) is 9.41. The minimum absolute atomic E-state index is 0.0187. The van der Waals surface area contributed by atoms with Gasteiger partial charge in [-0.2, -0.15) is 0 Å². The molecule has 0 bridgehead atoms. The van der Waals surface area contributed by atoms with Crippen LogP contribution in [-0.2, 0) is 24.0 Å². The van der Waals surface area contributed by atoms with Gasteiger partial charge in [-0.1, -0.05) is 0 Å². The van der Waals surface area contributed by atoms with Gasteiger partial charge in [-0.3, -0.25) is 34.2 Å². The number of hydrogen-bond donors (Lipinski definition) is 12. The second kappa shape index (κ2) is 20.9. The highest BCUT2D eigenvalue weighted by Gasteiger charge is 2.30. The number of carbonyl (C=O) groups is 5. The molecule has 4 unspecified atom stereocenters. The van der Waals surface area contributed by atoms with E-state index >= 15 is 0 Å². The first kappa shape index (κ1) is 38.1. The van der Waals surface area contributed by atoms with E-state index < -0.39 is 60.2 Å². The lowest BCUT2D eigenvalue weighted by Gasteiger charge is -2.25. The zero-order valence-electron chi connectivity index (χ0n) is 23.9. The molecule has 0 saturated heterocycles. The van der Waals surface area contributed by atoms with Crippen molar-refractivity contribution >= 4 is 47.5 Å². The highest BCUT2D eigenvalue weighted by molar-refractivity contribution is 5.94. The molecule has 0 rings (SSSR count). The molecule has 19 N–H and O–H groups in total. The summed E-state index contributed by atoms with van der Waals surface area (Å²) < 4.78 is 0. The molecule has 0 aromatic rings. The summed E-state index contributed by atoms with van der Waals surface area (Å²) in [6.45, 7) is 0.464. The smallest absolute Gasteiger partial charge is 0.326 e. The van der Waals surface area contributed by atoms with Crippen LogP contribution in [0.2, 0.25) is 0 Å². The minimum atomic E-state index is -1.45. The van der Waals surface area contributed by atoms with Crippen molar-refractivity contribution in [3.63, 3.8) is 0 Å². The number of nitrogens with one attached hydrogen (secondary N) is 3. The van der Waals surface area contributed by atoms with Crippen LogP contribution in [0.1, 0.15) is 51.4 Å². The molecule has 20 nitrogen and oxygen atoms in total. The molecule has 0 saturated carbocycles. The van der Waals surface area contributed by atoms with Gasteiger partial charge in [0.15, 0.2) is 17.9 Å². The van der Waals surface area contributed by atoms with Crippen LogP contribution in [0.25, 0.3) is 0 Å². The van der Waals surface area contributed by atoms with Gasteiger partial charge >= 0.3 is 11.9 Å². The number of aliphatic imine (C=N–C) groups is 3. The average molecular weight is 616 g/mol. The average Bonchev–Trinajstić information content (AvgIpc) is 2.91. The van der Waals surface area contributed by atoms with Gasteiger partial charge in [0.1, 0.15) is 18.1 Å². The van der Waals surface area contributed by atoms with Gasteiger partial charge in [0.25, 0.3) is 0 Å². The van der Waals surface area contributed by atoms with Crippen LogP contribution in [0, 0.1) is 0 Å². The number of aliphatic carboxylic acids is 2. The molecule has 3 amide bonds. The van der Waals surface area contributed by atoms with E-state index in [0.717, 1.165) is 0 Å². The summed E-state index contributed by atoms with van der Waals surface area (Å²) in [4.78, 5) is 73.2. The SMILES string of the molecule is NC(N)=NCCCC(N)C(=O)NC(CCCN=C(N)N)C(=O)NC(CCC(=O)O)C(=O)NC(CCCN=C(N)N)C(=O)O. The molecule has 0 radical (unpaired) electrons.